The fourth-order valence-corrected chi connectivity index (χ4v) is 3.09. The molecule has 106 valence electrons. The standard InChI is InChI=1S/C14H10N2O4S/c17-14(18)13-9(5-7-21-13)8-15-6-4-10-11(15)2-1-3-12(10)16(19)20/h1-7H,8H2,(H,17,18). The Labute approximate surface area is 123 Å². The third-order valence-corrected chi connectivity index (χ3v) is 4.21. The van der Waals surface area contributed by atoms with E-state index in [0.717, 1.165) is 0 Å². The Bertz CT molecular complexity index is 850. The highest BCUT2D eigenvalue weighted by molar-refractivity contribution is 7.12. The van der Waals surface area contributed by atoms with E-state index >= 15 is 0 Å². The molecule has 6 nitrogen and oxygen atoms in total. The summed E-state index contributed by atoms with van der Waals surface area (Å²) in [6.45, 7) is 0.371. The minimum Gasteiger partial charge on any atom is -0.477 e. The number of rotatable bonds is 4. The number of nitrogens with zero attached hydrogens (tertiary/aromatic N) is 2. The fraction of sp³-hybridized carbons (Fsp3) is 0.0714. The first-order valence-corrected chi connectivity index (χ1v) is 6.98. The summed E-state index contributed by atoms with van der Waals surface area (Å²) in [6.07, 6.45) is 1.74. The molecule has 0 bridgehead atoms. The molecule has 0 spiro atoms. The van der Waals surface area contributed by atoms with E-state index < -0.39 is 10.9 Å². The molecule has 0 saturated carbocycles. The average molecular weight is 302 g/mol. The summed E-state index contributed by atoms with van der Waals surface area (Å²) in [6, 6.07) is 8.31. The van der Waals surface area contributed by atoms with Gasteiger partial charge in [0.1, 0.15) is 4.88 Å². The Morgan fingerprint density at radius 2 is 2.14 bits per heavy atom. The number of hydrogen-bond donors (Lipinski definition) is 1. The number of aromatic carboxylic acids is 1. The zero-order valence-electron chi connectivity index (χ0n) is 10.7. The van der Waals surface area contributed by atoms with Gasteiger partial charge in [0.25, 0.3) is 5.69 Å². The third-order valence-electron chi connectivity index (χ3n) is 3.27. The van der Waals surface area contributed by atoms with Gasteiger partial charge in [0.05, 0.1) is 15.8 Å². The normalized spacial score (nSPS) is 10.9. The first-order valence-electron chi connectivity index (χ1n) is 6.10. The predicted octanol–water partition coefficient (Wildman–Crippen LogP) is 3.36. The van der Waals surface area contributed by atoms with Gasteiger partial charge in [0.15, 0.2) is 0 Å². The summed E-state index contributed by atoms with van der Waals surface area (Å²) in [5, 5.41) is 22.4. The second-order valence-electron chi connectivity index (χ2n) is 4.49. The highest BCUT2D eigenvalue weighted by Gasteiger charge is 2.16. The van der Waals surface area contributed by atoms with Crippen molar-refractivity contribution in [3.63, 3.8) is 0 Å². The van der Waals surface area contributed by atoms with Crippen molar-refractivity contribution in [2.24, 2.45) is 0 Å². The average Bonchev–Trinajstić information content (AvgIpc) is 3.06. The maximum Gasteiger partial charge on any atom is 0.346 e. The second-order valence-corrected chi connectivity index (χ2v) is 5.41. The lowest BCUT2D eigenvalue weighted by atomic mass is 10.2. The third kappa shape index (κ3) is 2.27. The number of thiophene rings is 1. The smallest absolute Gasteiger partial charge is 0.346 e. The maximum atomic E-state index is 11.1. The van der Waals surface area contributed by atoms with Crippen molar-refractivity contribution >= 4 is 33.9 Å². The van der Waals surface area contributed by atoms with Crippen molar-refractivity contribution in [2.45, 2.75) is 6.54 Å². The van der Waals surface area contributed by atoms with Gasteiger partial charge in [-0.25, -0.2) is 4.79 Å². The van der Waals surface area contributed by atoms with Crippen LogP contribution in [0.25, 0.3) is 10.9 Å². The molecule has 0 fully saturated rings. The number of carboxylic acids is 1. The van der Waals surface area contributed by atoms with Gasteiger partial charge in [-0.15, -0.1) is 11.3 Å². The minimum absolute atomic E-state index is 0.0510. The van der Waals surface area contributed by atoms with Crippen molar-refractivity contribution in [1.82, 2.24) is 4.57 Å². The van der Waals surface area contributed by atoms with E-state index in [1.165, 1.54) is 17.4 Å². The topological polar surface area (TPSA) is 85.4 Å². The molecule has 0 aliphatic heterocycles. The molecule has 0 atom stereocenters. The molecule has 1 N–H and O–H groups in total. The molecule has 3 aromatic rings. The van der Waals surface area contributed by atoms with E-state index in [-0.39, 0.29) is 5.69 Å². The van der Waals surface area contributed by atoms with Crippen LogP contribution in [0.4, 0.5) is 5.69 Å². The van der Waals surface area contributed by atoms with Gasteiger partial charge >= 0.3 is 5.97 Å². The van der Waals surface area contributed by atoms with Gasteiger partial charge in [-0.2, -0.15) is 0 Å². The Balaban J connectivity index is 2.06. The molecule has 21 heavy (non-hydrogen) atoms. The zero-order valence-corrected chi connectivity index (χ0v) is 11.5. The lowest BCUT2D eigenvalue weighted by Crippen LogP contribution is -2.03. The zero-order chi connectivity index (χ0) is 15.0. The van der Waals surface area contributed by atoms with Crippen molar-refractivity contribution < 1.29 is 14.8 Å². The quantitative estimate of drug-likeness (QED) is 0.591. The maximum absolute atomic E-state index is 11.1. The number of aromatic nitrogens is 1. The first kappa shape index (κ1) is 13.3. The van der Waals surface area contributed by atoms with Gasteiger partial charge in [0, 0.05) is 18.8 Å². The Kier molecular flexibility index (Phi) is 3.19. The lowest BCUT2D eigenvalue weighted by molar-refractivity contribution is -0.383. The highest BCUT2D eigenvalue weighted by Crippen LogP contribution is 2.27. The van der Waals surface area contributed by atoms with E-state index in [2.05, 4.69) is 0 Å². The molecule has 0 aliphatic rings. The number of hydrogen-bond acceptors (Lipinski definition) is 4. The molecule has 0 aliphatic carbocycles. The molecule has 2 heterocycles. The van der Waals surface area contributed by atoms with Crippen LogP contribution in [0.2, 0.25) is 0 Å². The number of fused-ring (bicyclic) bond motifs is 1. The van der Waals surface area contributed by atoms with Gasteiger partial charge < -0.3 is 9.67 Å². The van der Waals surface area contributed by atoms with Crippen molar-refractivity contribution in [3.8, 4) is 0 Å². The fourth-order valence-electron chi connectivity index (χ4n) is 2.34. The summed E-state index contributed by atoms with van der Waals surface area (Å²) < 4.78 is 1.82. The number of nitro benzene ring substituents is 1. The Morgan fingerprint density at radius 3 is 2.86 bits per heavy atom. The van der Waals surface area contributed by atoms with Crippen molar-refractivity contribution in [3.05, 3.63) is 62.5 Å². The molecular formula is C14H10N2O4S. The van der Waals surface area contributed by atoms with E-state index in [9.17, 15) is 14.9 Å². The summed E-state index contributed by atoms with van der Waals surface area (Å²) in [7, 11) is 0. The number of non-ortho nitro benzene ring substituents is 1. The summed E-state index contributed by atoms with van der Waals surface area (Å²) in [5.41, 5.74) is 1.46. The molecule has 0 saturated heterocycles. The largest absolute Gasteiger partial charge is 0.477 e. The second kappa shape index (κ2) is 5.02. The van der Waals surface area contributed by atoms with Crippen LogP contribution in [0.5, 0.6) is 0 Å². The van der Waals surface area contributed by atoms with Gasteiger partial charge in [-0.05, 0) is 29.1 Å². The molecule has 1 aromatic carbocycles. The molecule has 7 heteroatoms. The lowest BCUT2D eigenvalue weighted by Gasteiger charge is -2.05. The van der Waals surface area contributed by atoms with Crippen LogP contribution >= 0.6 is 11.3 Å². The van der Waals surface area contributed by atoms with Crippen LogP contribution in [0.1, 0.15) is 15.2 Å². The molecule has 3 rings (SSSR count). The van der Waals surface area contributed by atoms with Crippen LogP contribution < -0.4 is 0 Å². The highest BCUT2D eigenvalue weighted by atomic mass is 32.1. The van der Waals surface area contributed by atoms with Crippen LogP contribution in [0.15, 0.2) is 41.9 Å². The molecule has 0 radical (unpaired) electrons. The van der Waals surface area contributed by atoms with Crippen molar-refractivity contribution in [2.75, 3.05) is 0 Å². The SMILES string of the molecule is O=C(O)c1sccc1Cn1ccc2c([N+](=O)[O-])cccc21. The number of carbonyl (C=O) groups is 1. The van der Waals surface area contributed by atoms with E-state index in [1.807, 2.05) is 4.57 Å². The summed E-state index contributed by atoms with van der Waals surface area (Å²) >= 11 is 1.17. The first-order chi connectivity index (χ1) is 10.1. The van der Waals surface area contributed by atoms with Crippen molar-refractivity contribution in [1.29, 1.82) is 0 Å². The van der Waals surface area contributed by atoms with E-state index in [1.54, 1.807) is 35.8 Å². The summed E-state index contributed by atoms with van der Waals surface area (Å²) in [4.78, 5) is 22.0. The van der Waals surface area contributed by atoms with Crippen LogP contribution in [-0.4, -0.2) is 20.6 Å². The summed E-state index contributed by atoms with van der Waals surface area (Å²) in [5.74, 6) is -0.956. The van der Waals surface area contributed by atoms with Crippen LogP contribution in [-0.2, 0) is 6.54 Å². The van der Waals surface area contributed by atoms with E-state index in [4.69, 9.17) is 5.11 Å². The monoisotopic (exact) mass is 302 g/mol. The number of benzene rings is 1. The minimum atomic E-state index is -0.956. The number of nitro groups is 1. The van der Waals surface area contributed by atoms with Gasteiger partial charge in [-0.3, -0.25) is 10.1 Å². The van der Waals surface area contributed by atoms with Gasteiger partial charge in [-0.1, -0.05) is 6.07 Å². The molecule has 2 aromatic heterocycles. The van der Waals surface area contributed by atoms with Crippen LogP contribution in [0, 0.1) is 10.1 Å². The Morgan fingerprint density at radius 1 is 1.33 bits per heavy atom. The van der Waals surface area contributed by atoms with Crippen LogP contribution in [0.3, 0.4) is 0 Å². The molecular weight excluding hydrogens is 292 g/mol. The predicted molar refractivity (Wildman–Crippen MR) is 79.0 cm³/mol. The van der Waals surface area contributed by atoms with Gasteiger partial charge in [0.2, 0.25) is 0 Å². The number of carboxylic acid groups (broad SMARTS) is 1. The molecule has 0 amide bonds. The van der Waals surface area contributed by atoms with E-state index in [0.29, 0.717) is 27.9 Å². The Hall–Kier alpha value is -2.67. The molecule has 0 unspecified atom stereocenters.